The SMILES string of the molecule is O=S(=O)(CCN1CCCC12CCOCC2)CCN1CCCC12CCOCC2. The highest BCUT2D eigenvalue weighted by Gasteiger charge is 2.43. The van der Waals surface area contributed by atoms with Crippen molar-refractivity contribution in [3.8, 4) is 0 Å². The molecule has 0 saturated carbocycles. The fourth-order valence-electron chi connectivity index (χ4n) is 5.92. The van der Waals surface area contributed by atoms with Crippen LogP contribution in [0.3, 0.4) is 0 Å². The summed E-state index contributed by atoms with van der Waals surface area (Å²) in [7, 11) is -3.01. The highest BCUT2D eigenvalue weighted by atomic mass is 32.2. The van der Waals surface area contributed by atoms with Crippen LogP contribution in [0.5, 0.6) is 0 Å². The van der Waals surface area contributed by atoms with Gasteiger partial charge in [-0.1, -0.05) is 0 Å². The third-order valence-electron chi connectivity index (χ3n) is 7.67. The molecule has 0 aromatic rings. The van der Waals surface area contributed by atoms with Crippen molar-refractivity contribution in [2.75, 3.05) is 64.1 Å². The van der Waals surface area contributed by atoms with Gasteiger partial charge >= 0.3 is 0 Å². The second-order valence-corrected chi connectivity index (χ2v) is 11.3. The van der Waals surface area contributed by atoms with E-state index in [1.807, 2.05) is 0 Å². The van der Waals surface area contributed by atoms with Gasteiger partial charge in [-0.2, -0.15) is 0 Å². The zero-order chi connectivity index (χ0) is 18.8. The van der Waals surface area contributed by atoms with Gasteiger partial charge in [0.25, 0.3) is 0 Å². The zero-order valence-electron chi connectivity index (χ0n) is 16.7. The van der Waals surface area contributed by atoms with Crippen LogP contribution in [0.2, 0.25) is 0 Å². The molecule has 0 amide bonds. The van der Waals surface area contributed by atoms with Gasteiger partial charge in [0, 0.05) is 50.6 Å². The second kappa shape index (κ2) is 8.27. The van der Waals surface area contributed by atoms with Crippen molar-refractivity contribution in [3.05, 3.63) is 0 Å². The first-order valence-electron chi connectivity index (χ1n) is 10.9. The smallest absolute Gasteiger partial charge is 0.152 e. The first-order chi connectivity index (χ1) is 13.0. The van der Waals surface area contributed by atoms with E-state index in [2.05, 4.69) is 9.80 Å². The molecule has 7 heteroatoms. The van der Waals surface area contributed by atoms with E-state index < -0.39 is 9.84 Å². The second-order valence-electron chi connectivity index (χ2n) is 9.01. The number of hydrogen-bond acceptors (Lipinski definition) is 6. The molecular formula is C20H36N2O4S. The Balaban J connectivity index is 1.29. The molecule has 4 aliphatic rings. The molecule has 0 N–H and O–H groups in total. The predicted octanol–water partition coefficient (Wildman–Crippen LogP) is 1.69. The van der Waals surface area contributed by atoms with Gasteiger partial charge in [0.1, 0.15) is 0 Å². The van der Waals surface area contributed by atoms with Crippen LogP contribution in [0, 0.1) is 0 Å². The Bertz CT molecular complexity index is 551. The number of hydrogen-bond donors (Lipinski definition) is 0. The maximum Gasteiger partial charge on any atom is 0.152 e. The highest BCUT2D eigenvalue weighted by Crippen LogP contribution is 2.38. The van der Waals surface area contributed by atoms with Crippen LogP contribution in [0.25, 0.3) is 0 Å². The summed E-state index contributed by atoms with van der Waals surface area (Å²) in [6, 6.07) is 0. The minimum Gasteiger partial charge on any atom is -0.381 e. The minimum atomic E-state index is -3.01. The summed E-state index contributed by atoms with van der Waals surface area (Å²) in [6.45, 7) is 6.78. The molecule has 156 valence electrons. The maximum absolute atomic E-state index is 12.8. The van der Waals surface area contributed by atoms with E-state index in [1.165, 1.54) is 25.7 Å². The third-order valence-corrected chi connectivity index (χ3v) is 9.28. The molecule has 0 atom stereocenters. The molecule has 0 aliphatic carbocycles. The van der Waals surface area contributed by atoms with E-state index in [1.54, 1.807) is 0 Å². The van der Waals surface area contributed by atoms with E-state index in [0.29, 0.717) is 24.6 Å². The van der Waals surface area contributed by atoms with Crippen molar-refractivity contribution in [2.24, 2.45) is 0 Å². The lowest BCUT2D eigenvalue weighted by atomic mass is 9.87. The van der Waals surface area contributed by atoms with Crippen LogP contribution in [0.15, 0.2) is 0 Å². The van der Waals surface area contributed by atoms with Gasteiger partial charge in [-0.15, -0.1) is 0 Å². The van der Waals surface area contributed by atoms with Crippen molar-refractivity contribution in [2.45, 2.75) is 62.4 Å². The van der Waals surface area contributed by atoms with Gasteiger partial charge < -0.3 is 9.47 Å². The molecular weight excluding hydrogens is 364 g/mol. The molecule has 0 aromatic heterocycles. The summed E-state index contributed by atoms with van der Waals surface area (Å²) in [6.07, 6.45) is 9.04. The fraction of sp³-hybridized carbons (Fsp3) is 1.00. The van der Waals surface area contributed by atoms with E-state index in [9.17, 15) is 8.42 Å². The molecule has 2 spiro atoms. The zero-order valence-corrected chi connectivity index (χ0v) is 17.5. The average Bonchev–Trinajstić information content (AvgIpc) is 3.24. The van der Waals surface area contributed by atoms with E-state index >= 15 is 0 Å². The Morgan fingerprint density at radius 2 is 1.07 bits per heavy atom. The molecule has 0 unspecified atom stereocenters. The van der Waals surface area contributed by atoms with Gasteiger partial charge in [0.05, 0.1) is 11.5 Å². The Morgan fingerprint density at radius 3 is 1.48 bits per heavy atom. The summed E-state index contributed by atoms with van der Waals surface area (Å²) in [4.78, 5) is 4.92. The van der Waals surface area contributed by atoms with Crippen molar-refractivity contribution in [3.63, 3.8) is 0 Å². The molecule has 4 saturated heterocycles. The Morgan fingerprint density at radius 1 is 0.667 bits per heavy atom. The van der Waals surface area contributed by atoms with Crippen LogP contribution in [0.1, 0.15) is 51.4 Å². The summed E-state index contributed by atoms with van der Waals surface area (Å²) >= 11 is 0. The summed E-state index contributed by atoms with van der Waals surface area (Å²) < 4.78 is 36.6. The lowest BCUT2D eigenvalue weighted by Gasteiger charge is -2.42. The molecule has 4 heterocycles. The van der Waals surface area contributed by atoms with Crippen molar-refractivity contribution in [1.82, 2.24) is 9.80 Å². The average molecular weight is 401 g/mol. The monoisotopic (exact) mass is 400 g/mol. The highest BCUT2D eigenvalue weighted by molar-refractivity contribution is 7.91. The maximum atomic E-state index is 12.8. The lowest BCUT2D eigenvalue weighted by molar-refractivity contribution is -0.00609. The molecule has 27 heavy (non-hydrogen) atoms. The summed E-state index contributed by atoms with van der Waals surface area (Å²) in [5.41, 5.74) is 0.434. The Labute approximate surface area is 164 Å². The number of sulfone groups is 1. The topological polar surface area (TPSA) is 59.1 Å². The standard InChI is InChI=1S/C20H36N2O4S/c23-27(24,17-11-21-9-1-3-19(21)5-13-25-14-6-19)18-12-22-10-2-4-20(22)7-15-26-16-8-20/h1-18H2. The molecule has 0 aromatic carbocycles. The van der Waals surface area contributed by atoms with Gasteiger partial charge in [0.2, 0.25) is 0 Å². The number of likely N-dealkylation sites (tertiary alicyclic amines) is 2. The van der Waals surface area contributed by atoms with Crippen molar-refractivity contribution in [1.29, 1.82) is 0 Å². The normalized spacial score (nSPS) is 29.0. The Kier molecular flexibility index (Phi) is 6.15. The molecule has 4 aliphatic heterocycles. The molecule has 4 fully saturated rings. The largest absolute Gasteiger partial charge is 0.381 e. The van der Waals surface area contributed by atoms with Crippen molar-refractivity contribution < 1.29 is 17.9 Å². The van der Waals surface area contributed by atoms with Crippen LogP contribution in [0.4, 0.5) is 0 Å². The van der Waals surface area contributed by atoms with Crippen LogP contribution in [-0.4, -0.2) is 93.4 Å². The molecule has 6 nitrogen and oxygen atoms in total. The first-order valence-corrected chi connectivity index (χ1v) is 12.7. The van der Waals surface area contributed by atoms with E-state index in [4.69, 9.17) is 9.47 Å². The van der Waals surface area contributed by atoms with Gasteiger partial charge in [-0.25, -0.2) is 8.42 Å². The van der Waals surface area contributed by atoms with E-state index in [-0.39, 0.29) is 11.1 Å². The van der Waals surface area contributed by atoms with Gasteiger partial charge in [-0.05, 0) is 64.5 Å². The quantitative estimate of drug-likeness (QED) is 0.676. The van der Waals surface area contributed by atoms with Crippen molar-refractivity contribution >= 4 is 9.84 Å². The summed E-state index contributed by atoms with van der Waals surface area (Å²) in [5.74, 6) is 0.610. The predicted molar refractivity (Wildman–Crippen MR) is 106 cm³/mol. The molecule has 0 radical (unpaired) electrons. The molecule has 4 rings (SSSR count). The van der Waals surface area contributed by atoms with Crippen LogP contribution >= 0.6 is 0 Å². The van der Waals surface area contributed by atoms with Crippen LogP contribution < -0.4 is 0 Å². The first kappa shape index (κ1) is 20.1. The molecule has 0 bridgehead atoms. The summed E-state index contributed by atoms with van der Waals surface area (Å²) in [5, 5.41) is 0. The number of nitrogens with zero attached hydrogens (tertiary/aromatic N) is 2. The fourth-order valence-corrected chi connectivity index (χ4v) is 7.12. The minimum absolute atomic E-state index is 0.217. The lowest BCUT2D eigenvalue weighted by Crippen LogP contribution is -2.50. The Hall–Kier alpha value is -0.210. The van der Waals surface area contributed by atoms with Crippen LogP contribution in [-0.2, 0) is 19.3 Å². The number of ether oxygens (including phenoxy) is 2. The number of rotatable bonds is 6. The van der Waals surface area contributed by atoms with Gasteiger partial charge in [0.15, 0.2) is 9.84 Å². The van der Waals surface area contributed by atoms with Gasteiger partial charge in [-0.3, -0.25) is 9.80 Å². The van der Waals surface area contributed by atoms with E-state index in [0.717, 1.165) is 65.2 Å². The third kappa shape index (κ3) is 4.37.